The third-order valence-corrected chi connectivity index (χ3v) is 3.92. The van der Waals surface area contributed by atoms with Crippen molar-refractivity contribution in [1.82, 2.24) is 14.4 Å². The molecule has 0 saturated carbocycles. The molecule has 0 amide bonds. The van der Waals surface area contributed by atoms with Gasteiger partial charge in [-0.25, -0.2) is 4.98 Å². The minimum absolute atomic E-state index is 0.880. The highest BCUT2D eigenvalue weighted by molar-refractivity contribution is 5.87. The van der Waals surface area contributed by atoms with Crippen LogP contribution in [0.2, 0.25) is 0 Å². The molecule has 3 heterocycles. The Morgan fingerprint density at radius 2 is 2.05 bits per heavy atom. The van der Waals surface area contributed by atoms with Crippen LogP contribution in [-0.4, -0.2) is 21.4 Å². The lowest BCUT2D eigenvalue weighted by molar-refractivity contribution is 1.19. The van der Waals surface area contributed by atoms with Gasteiger partial charge in [-0.15, -0.1) is 0 Å². The number of H-pyrrole nitrogens is 1. The maximum absolute atomic E-state index is 4.48. The number of fused-ring (bicyclic) bond motifs is 2. The molecule has 0 radical (unpaired) electrons. The first kappa shape index (κ1) is 12.0. The van der Waals surface area contributed by atoms with E-state index in [0.717, 1.165) is 11.5 Å². The van der Waals surface area contributed by atoms with Crippen molar-refractivity contribution in [2.75, 3.05) is 12.4 Å². The molecule has 0 aliphatic rings. The molecule has 0 atom stereocenters. The Morgan fingerprint density at radius 1 is 1.14 bits per heavy atom. The van der Waals surface area contributed by atoms with Gasteiger partial charge in [0.05, 0.1) is 6.20 Å². The first-order valence-corrected chi connectivity index (χ1v) is 6.99. The second-order valence-corrected chi connectivity index (χ2v) is 5.29. The number of aryl methyl sites for hydroxylation is 1. The Morgan fingerprint density at radius 3 is 2.90 bits per heavy atom. The van der Waals surface area contributed by atoms with Crippen molar-refractivity contribution in [1.29, 1.82) is 0 Å². The van der Waals surface area contributed by atoms with E-state index >= 15 is 0 Å². The van der Waals surface area contributed by atoms with E-state index in [1.807, 2.05) is 19.4 Å². The van der Waals surface area contributed by atoms with Crippen LogP contribution in [-0.2, 0) is 0 Å². The second kappa shape index (κ2) is 4.38. The van der Waals surface area contributed by atoms with E-state index in [2.05, 4.69) is 63.1 Å². The highest BCUT2D eigenvalue weighted by atomic mass is 15.1. The summed E-state index contributed by atoms with van der Waals surface area (Å²) in [5, 5.41) is 4.31. The summed E-state index contributed by atoms with van der Waals surface area (Å²) >= 11 is 0. The molecule has 4 nitrogen and oxygen atoms in total. The Balaban J connectivity index is 1.92. The summed E-state index contributed by atoms with van der Waals surface area (Å²) in [6.45, 7) is 2.15. The van der Waals surface area contributed by atoms with Crippen LogP contribution in [0.15, 0.2) is 48.9 Å². The summed E-state index contributed by atoms with van der Waals surface area (Å²) in [4.78, 5) is 7.73. The van der Waals surface area contributed by atoms with Gasteiger partial charge in [-0.1, -0.05) is 0 Å². The number of benzene rings is 1. The molecular formula is C17H16N4. The molecule has 4 heteroatoms. The van der Waals surface area contributed by atoms with Gasteiger partial charge in [0, 0.05) is 25.0 Å². The van der Waals surface area contributed by atoms with Gasteiger partial charge >= 0.3 is 0 Å². The summed E-state index contributed by atoms with van der Waals surface area (Å²) in [5.74, 6) is 0.880. The van der Waals surface area contributed by atoms with E-state index in [1.165, 1.54) is 27.6 Å². The third-order valence-electron chi connectivity index (χ3n) is 3.92. The number of pyridine rings is 1. The molecule has 0 aliphatic carbocycles. The maximum Gasteiger partial charge on any atom is 0.145 e. The van der Waals surface area contributed by atoms with E-state index in [4.69, 9.17) is 0 Å². The van der Waals surface area contributed by atoms with Crippen molar-refractivity contribution >= 4 is 22.4 Å². The van der Waals surface area contributed by atoms with Crippen LogP contribution in [0.5, 0.6) is 0 Å². The van der Waals surface area contributed by atoms with Gasteiger partial charge in [-0.05, 0) is 59.3 Å². The Hall–Kier alpha value is -2.75. The average molecular weight is 276 g/mol. The van der Waals surface area contributed by atoms with Gasteiger partial charge in [-0.3, -0.25) is 0 Å². The van der Waals surface area contributed by atoms with Gasteiger partial charge in [0.25, 0.3) is 0 Å². The minimum atomic E-state index is 0.880. The lowest BCUT2D eigenvalue weighted by Gasteiger charge is -2.07. The summed E-state index contributed by atoms with van der Waals surface area (Å²) in [5.41, 5.74) is 5.84. The van der Waals surface area contributed by atoms with Gasteiger partial charge in [0.2, 0.25) is 0 Å². The fourth-order valence-electron chi connectivity index (χ4n) is 2.79. The zero-order valence-electron chi connectivity index (χ0n) is 12.0. The number of hydrogen-bond donors (Lipinski definition) is 2. The van der Waals surface area contributed by atoms with Crippen molar-refractivity contribution in [2.45, 2.75) is 6.92 Å². The number of rotatable bonds is 2. The van der Waals surface area contributed by atoms with Gasteiger partial charge in [0.1, 0.15) is 11.5 Å². The van der Waals surface area contributed by atoms with Crippen LogP contribution in [0.25, 0.3) is 27.7 Å². The Bertz CT molecular complexity index is 946. The monoisotopic (exact) mass is 276 g/mol. The quantitative estimate of drug-likeness (QED) is 0.584. The van der Waals surface area contributed by atoms with Crippen LogP contribution in [0, 0.1) is 6.92 Å². The first-order chi connectivity index (χ1) is 10.2. The number of imidazole rings is 1. The summed E-state index contributed by atoms with van der Waals surface area (Å²) in [6.07, 6.45) is 6.11. The molecule has 3 aromatic heterocycles. The lowest BCUT2D eigenvalue weighted by atomic mass is 10.0. The van der Waals surface area contributed by atoms with E-state index in [-0.39, 0.29) is 0 Å². The minimum Gasteiger partial charge on any atom is -0.372 e. The number of hydrogen-bond acceptors (Lipinski definition) is 2. The van der Waals surface area contributed by atoms with Gasteiger partial charge in [0.15, 0.2) is 0 Å². The largest absolute Gasteiger partial charge is 0.372 e. The molecule has 21 heavy (non-hydrogen) atoms. The first-order valence-electron chi connectivity index (χ1n) is 6.99. The molecule has 0 aliphatic heterocycles. The van der Waals surface area contributed by atoms with Crippen LogP contribution in [0.1, 0.15) is 5.56 Å². The normalized spacial score (nSPS) is 11.3. The Kier molecular flexibility index (Phi) is 2.51. The van der Waals surface area contributed by atoms with Crippen molar-refractivity contribution in [3.05, 3.63) is 54.5 Å². The van der Waals surface area contributed by atoms with Crippen molar-refractivity contribution in [2.24, 2.45) is 0 Å². The van der Waals surface area contributed by atoms with E-state index in [9.17, 15) is 0 Å². The predicted molar refractivity (Wildman–Crippen MR) is 86.8 cm³/mol. The highest BCUT2D eigenvalue weighted by Gasteiger charge is 2.07. The van der Waals surface area contributed by atoms with Gasteiger partial charge < -0.3 is 14.7 Å². The molecule has 0 fully saturated rings. The fourth-order valence-corrected chi connectivity index (χ4v) is 2.79. The second-order valence-electron chi connectivity index (χ2n) is 5.29. The molecule has 0 spiro atoms. The zero-order chi connectivity index (χ0) is 14.4. The molecule has 0 saturated heterocycles. The van der Waals surface area contributed by atoms with E-state index < -0.39 is 0 Å². The van der Waals surface area contributed by atoms with Gasteiger partial charge in [-0.2, -0.15) is 0 Å². The fraction of sp³-hybridized carbons (Fsp3) is 0.118. The number of anilines is 1. The number of nitrogens with one attached hydrogen (secondary N) is 2. The molecule has 4 aromatic rings. The smallest absolute Gasteiger partial charge is 0.145 e. The lowest BCUT2D eigenvalue weighted by Crippen LogP contribution is -1.88. The number of aromatic amines is 1. The molecule has 104 valence electrons. The zero-order valence-corrected chi connectivity index (χ0v) is 12.0. The number of nitrogens with zero attached hydrogens (tertiary/aromatic N) is 2. The predicted octanol–water partition coefficient (Wildman–Crippen LogP) is 3.83. The van der Waals surface area contributed by atoms with Crippen molar-refractivity contribution in [3.8, 4) is 11.1 Å². The van der Waals surface area contributed by atoms with Crippen molar-refractivity contribution < 1.29 is 0 Å². The standard InChI is InChI=1S/C17H16N4/c1-11-7-15-12(5-6-19-15)8-14(11)13-3-4-17-20-16(18-2)10-21(17)9-13/h3-10,18-19H,1-2H3. The molecule has 0 bridgehead atoms. The summed E-state index contributed by atoms with van der Waals surface area (Å²) < 4.78 is 2.06. The molecule has 1 aromatic carbocycles. The third kappa shape index (κ3) is 1.88. The van der Waals surface area contributed by atoms with Crippen molar-refractivity contribution in [3.63, 3.8) is 0 Å². The summed E-state index contributed by atoms with van der Waals surface area (Å²) in [6, 6.07) is 10.7. The maximum atomic E-state index is 4.48. The highest BCUT2D eigenvalue weighted by Crippen LogP contribution is 2.28. The van der Waals surface area contributed by atoms with E-state index in [0.29, 0.717) is 0 Å². The van der Waals surface area contributed by atoms with Crippen LogP contribution >= 0.6 is 0 Å². The molecule has 0 unspecified atom stereocenters. The van der Waals surface area contributed by atoms with Crippen LogP contribution in [0.3, 0.4) is 0 Å². The topological polar surface area (TPSA) is 45.1 Å². The number of aromatic nitrogens is 3. The average Bonchev–Trinajstić information content (AvgIpc) is 3.10. The van der Waals surface area contributed by atoms with E-state index in [1.54, 1.807) is 0 Å². The molecular weight excluding hydrogens is 260 g/mol. The molecule has 4 rings (SSSR count). The summed E-state index contributed by atoms with van der Waals surface area (Å²) in [7, 11) is 1.88. The van der Waals surface area contributed by atoms with Crippen LogP contribution < -0.4 is 5.32 Å². The Labute approximate surface area is 122 Å². The van der Waals surface area contributed by atoms with Crippen LogP contribution in [0.4, 0.5) is 5.82 Å². The SMILES string of the molecule is CNc1cn2cc(-c3cc4cc[nH]c4cc3C)ccc2n1. The molecule has 2 N–H and O–H groups in total.